The van der Waals surface area contributed by atoms with E-state index in [-0.39, 0.29) is 5.91 Å². The van der Waals surface area contributed by atoms with Gasteiger partial charge in [0.15, 0.2) is 0 Å². The average molecular weight is 316 g/mol. The molecule has 120 valence electrons. The van der Waals surface area contributed by atoms with E-state index in [2.05, 4.69) is 11.4 Å². The van der Waals surface area contributed by atoms with E-state index >= 15 is 0 Å². The Morgan fingerprint density at radius 2 is 1.67 bits per heavy atom. The first-order valence-electron chi connectivity index (χ1n) is 7.91. The molecule has 3 aromatic rings. The number of carbonyl (C=O) groups excluding carboxylic acids is 1. The number of anilines is 2. The number of hydrogen-bond donors (Lipinski definition) is 2. The Labute approximate surface area is 142 Å². The predicted octanol–water partition coefficient (Wildman–Crippen LogP) is 4.42. The van der Waals surface area contributed by atoms with E-state index in [0.717, 1.165) is 28.9 Å². The molecule has 0 aromatic heterocycles. The fraction of sp³-hybridized carbons (Fsp3) is 0.0952. The molecule has 0 fully saturated rings. The number of nitrogen functional groups attached to an aromatic ring is 1. The van der Waals surface area contributed by atoms with E-state index in [4.69, 9.17) is 5.73 Å². The van der Waals surface area contributed by atoms with Gasteiger partial charge in [-0.1, -0.05) is 42.0 Å². The predicted molar refractivity (Wildman–Crippen MR) is 99.2 cm³/mol. The topological polar surface area (TPSA) is 55.1 Å². The van der Waals surface area contributed by atoms with Gasteiger partial charge in [0.25, 0.3) is 5.91 Å². The van der Waals surface area contributed by atoms with E-state index < -0.39 is 0 Å². The fourth-order valence-electron chi connectivity index (χ4n) is 2.62. The number of hydrogen-bond acceptors (Lipinski definition) is 2. The number of nitrogens with one attached hydrogen (secondary N) is 1. The first kappa shape index (κ1) is 15.8. The van der Waals surface area contributed by atoms with Crippen LogP contribution < -0.4 is 11.1 Å². The summed E-state index contributed by atoms with van der Waals surface area (Å²) in [6, 6.07) is 23.3. The highest BCUT2D eigenvalue weighted by molar-refractivity contribution is 6.04. The van der Waals surface area contributed by atoms with Gasteiger partial charge >= 0.3 is 0 Å². The van der Waals surface area contributed by atoms with Crippen LogP contribution in [0.25, 0.3) is 0 Å². The zero-order chi connectivity index (χ0) is 16.9. The Morgan fingerprint density at radius 3 is 2.42 bits per heavy atom. The standard InChI is InChI=1S/C21H20N2O/c1-15-4-2-6-18(12-15)21(24)23-20-7-3-5-17(14-20)13-16-8-10-19(22)11-9-16/h2-12,14H,13,22H2,1H3,(H,23,24). The third-order valence-corrected chi connectivity index (χ3v) is 3.85. The van der Waals surface area contributed by atoms with Crippen molar-refractivity contribution in [2.75, 3.05) is 11.1 Å². The smallest absolute Gasteiger partial charge is 0.255 e. The van der Waals surface area contributed by atoms with Gasteiger partial charge in [-0.05, 0) is 60.9 Å². The summed E-state index contributed by atoms with van der Waals surface area (Å²) in [5, 5.41) is 2.96. The minimum atomic E-state index is -0.0941. The molecule has 0 aliphatic carbocycles. The van der Waals surface area contributed by atoms with E-state index in [1.807, 2.05) is 73.7 Å². The summed E-state index contributed by atoms with van der Waals surface area (Å²) in [5.74, 6) is -0.0941. The highest BCUT2D eigenvalue weighted by Gasteiger charge is 2.06. The summed E-state index contributed by atoms with van der Waals surface area (Å²) >= 11 is 0. The van der Waals surface area contributed by atoms with E-state index in [1.165, 1.54) is 5.56 Å². The van der Waals surface area contributed by atoms with Crippen LogP contribution >= 0.6 is 0 Å². The summed E-state index contributed by atoms with van der Waals surface area (Å²) in [5.41, 5.74) is 11.3. The van der Waals surface area contributed by atoms with Crippen LogP contribution in [0.3, 0.4) is 0 Å². The molecule has 24 heavy (non-hydrogen) atoms. The largest absolute Gasteiger partial charge is 0.399 e. The fourth-order valence-corrected chi connectivity index (χ4v) is 2.62. The summed E-state index contributed by atoms with van der Waals surface area (Å²) in [6.07, 6.45) is 0.800. The third kappa shape index (κ3) is 4.02. The Morgan fingerprint density at radius 1 is 0.917 bits per heavy atom. The van der Waals surface area contributed by atoms with Crippen molar-refractivity contribution in [3.63, 3.8) is 0 Å². The lowest BCUT2D eigenvalue weighted by molar-refractivity contribution is 0.102. The maximum absolute atomic E-state index is 12.3. The normalized spacial score (nSPS) is 10.4. The Kier molecular flexibility index (Phi) is 4.62. The van der Waals surface area contributed by atoms with Crippen LogP contribution in [0.1, 0.15) is 27.0 Å². The zero-order valence-corrected chi connectivity index (χ0v) is 13.6. The Bertz CT molecular complexity index is 854. The Balaban J connectivity index is 1.73. The Hall–Kier alpha value is -3.07. The second-order valence-electron chi connectivity index (χ2n) is 5.94. The lowest BCUT2D eigenvalue weighted by atomic mass is 10.0. The minimum absolute atomic E-state index is 0.0941. The van der Waals surface area contributed by atoms with Crippen molar-refractivity contribution in [2.45, 2.75) is 13.3 Å². The molecule has 0 atom stereocenters. The highest BCUT2D eigenvalue weighted by Crippen LogP contribution is 2.17. The number of benzene rings is 3. The van der Waals surface area contributed by atoms with Gasteiger partial charge in [0.1, 0.15) is 0 Å². The minimum Gasteiger partial charge on any atom is -0.399 e. The van der Waals surface area contributed by atoms with Gasteiger partial charge in [0.2, 0.25) is 0 Å². The molecule has 0 unspecified atom stereocenters. The van der Waals surface area contributed by atoms with Crippen LogP contribution in [-0.2, 0) is 6.42 Å². The lowest BCUT2D eigenvalue weighted by Gasteiger charge is -2.08. The number of amides is 1. The molecule has 0 radical (unpaired) electrons. The van der Waals surface area contributed by atoms with Gasteiger partial charge in [0, 0.05) is 16.9 Å². The molecule has 0 bridgehead atoms. The number of aryl methyl sites for hydroxylation is 1. The second kappa shape index (κ2) is 7.01. The molecule has 0 aliphatic rings. The first-order valence-corrected chi connectivity index (χ1v) is 7.91. The molecular weight excluding hydrogens is 296 g/mol. The molecule has 3 aromatic carbocycles. The monoisotopic (exact) mass is 316 g/mol. The summed E-state index contributed by atoms with van der Waals surface area (Å²) in [6.45, 7) is 1.98. The van der Waals surface area contributed by atoms with Crippen molar-refractivity contribution in [2.24, 2.45) is 0 Å². The molecule has 3 rings (SSSR count). The first-order chi connectivity index (χ1) is 11.6. The van der Waals surface area contributed by atoms with Crippen LogP contribution in [0.2, 0.25) is 0 Å². The van der Waals surface area contributed by atoms with Gasteiger partial charge in [-0.25, -0.2) is 0 Å². The van der Waals surface area contributed by atoms with Crippen LogP contribution in [0.5, 0.6) is 0 Å². The van der Waals surface area contributed by atoms with Crippen LogP contribution in [0.4, 0.5) is 11.4 Å². The molecule has 1 amide bonds. The molecule has 3 heteroatoms. The van der Waals surface area contributed by atoms with E-state index in [1.54, 1.807) is 0 Å². The number of nitrogens with two attached hydrogens (primary N) is 1. The summed E-state index contributed by atoms with van der Waals surface area (Å²) in [4.78, 5) is 12.3. The lowest BCUT2D eigenvalue weighted by Crippen LogP contribution is -2.12. The van der Waals surface area contributed by atoms with Crippen molar-refractivity contribution in [1.29, 1.82) is 0 Å². The quantitative estimate of drug-likeness (QED) is 0.700. The number of rotatable bonds is 4. The van der Waals surface area contributed by atoms with Crippen molar-refractivity contribution in [3.05, 3.63) is 95.1 Å². The molecule has 0 saturated heterocycles. The van der Waals surface area contributed by atoms with Crippen molar-refractivity contribution in [1.82, 2.24) is 0 Å². The van der Waals surface area contributed by atoms with Crippen molar-refractivity contribution >= 4 is 17.3 Å². The van der Waals surface area contributed by atoms with Gasteiger partial charge < -0.3 is 11.1 Å². The maximum atomic E-state index is 12.3. The molecule has 0 saturated carbocycles. The maximum Gasteiger partial charge on any atom is 0.255 e. The van der Waals surface area contributed by atoms with Crippen LogP contribution in [0.15, 0.2) is 72.8 Å². The molecule has 3 nitrogen and oxygen atoms in total. The average Bonchev–Trinajstić information content (AvgIpc) is 2.57. The molecule has 0 heterocycles. The third-order valence-electron chi connectivity index (χ3n) is 3.85. The van der Waals surface area contributed by atoms with Gasteiger partial charge in [-0.2, -0.15) is 0 Å². The van der Waals surface area contributed by atoms with Crippen molar-refractivity contribution in [3.8, 4) is 0 Å². The van der Waals surface area contributed by atoms with Crippen molar-refractivity contribution < 1.29 is 4.79 Å². The second-order valence-corrected chi connectivity index (χ2v) is 5.94. The van der Waals surface area contributed by atoms with Gasteiger partial charge in [-0.3, -0.25) is 4.79 Å². The highest BCUT2D eigenvalue weighted by atomic mass is 16.1. The SMILES string of the molecule is Cc1cccc(C(=O)Nc2cccc(Cc3ccc(N)cc3)c2)c1. The van der Waals surface area contributed by atoms with E-state index in [9.17, 15) is 4.79 Å². The van der Waals surface area contributed by atoms with Crippen LogP contribution in [-0.4, -0.2) is 5.91 Å². The molecule has 0 aliphatic heterocycles. The van der Waals surface area contributed by atoms with Gasteiger partial charge in [-0.15, -0.1) is 0 Å². The zero-order valence-electron chi connectivity index (χ0n) is 13.6. The van der Waals surface area contributed by atoms with Gasteiger partial charge in [0.05, 0.1) is 0 Å². The summed E-state index contributed by atoms with van der Waals surface area (Å²) in [7, 11) is 0. The van der Waals surface area contributed by atoms with E-state index in [0.29, 0.717) is 5.56 Å². The molecule has 3 N–H and O–H groups in total. The number of carbonyl (C=O) groups is 1. The molecule has 0 spiro atoms. The van der Waals surface area contributed by atoms with Crippen LogP contribution in [0, 0.1) is 6.92 Å². The molecular formula is C21H20N2O. The summed E-state index contributed by atoms with van der Waals surface area (Å²) < 4.78 is 0.